The quantitative estimate of drug-likeness (QED) is 0.595. The second-order valence-corrected chi connectivity index (χ2v) is 6.22. The Morgan fingerprint density at radius 1 is 0.964 bits per heavy atom. The number of nitrogens with zero attached hydrogens (tertiary/aromatic N) is 1. The standard InChI is InChI=1S/C20H19N3O5/c24-17(21-22-19(26)14-7-3-1-4-8-14)13-28-20(27)15-11-18(25)23(12-15)16-9-5-2-6-10-16/h1-10,15H,11-13H2,(H,21,24)(H,22,26)/t15-/m1/s1. The topological polar surface area (TPSA) is 105 Å². The SMILES string of the molecule is O=C(COC(=O)[C@@H]1CC(=O)N(c2ccccc2)C1)NNC(=O)c1ccccc1. The van der Waals surface area contributed by atoms with Crippen molar-refractivity contribution in [1.82, 2.24) is 10.9 Å². The summed E-state index contributed by atoms with van der Waals surface area (Å²) in [6.45, 7) is -0.349. The van der Waals surface area contributed by atoms with Crippen molar-refractivity contribution < 1.29 is 23.9 Å². The summed E-state index contributed by atoms with van der Waals surface area (Å²) in [6.07, 6.45) is 0.0279. The summed E-state index contributed by atoms with van der Waals surface area (Å²) in [4.78, 5) is 49.4. The molecule has 1 fully saturated rings. The number of esters is 1. The van der Waals surface area contributed by atoms with E-state index in [9.17, 15) is 19.2 Å². The summed E-state index contributed by atoms with van der Waals surface area (Å²) >= 11 is 0. The van der Waals surface area contributed by atoms with E-state index in [0.717, 1.165) is 0 Å². The van der Waals surface area contributed by atoms with Gasteiger partial charge in [0.15, 0.2) is 6.61 Å². The molecule has 8 nitrogen and oxygen atoms in total. The molecule has 1 heterocycles. The third-order valence-electron chi connectivity index (χ3n) is 4.22. The van der Waals surface area contributed by atoms with Gasteiger partial charge in [-0.1, -0.05) is 36.4 Å². The number of para-hydroxylation sites is 1. The van der Waals surface area contributed by atoms with Gasteiger partial charge < -0.3 is 9.64 Å². The molecule has 2 aromatic rings. The first-order chi connectivity index (χ1) is 13.5. The van der Waals surface area contributed by atoms with Crippen molar-refractivity contribution in [2.45, 2.75) is 6.42 Å². The average Bonchev–Trinajstić information content (AvgIpc) is 3.13. The molecule has 0 bridgehead atoms. The van der Waals surface area contributed by atoms with E-state index < -0.39 is 30.3 Å². The van der Waals surface area contributed by atoms with Gasteiger partial charge in [-0.05, 0) is 24.3 Å². The molecule has 0 spiro atoms. The zero-order chi connectivity index (χ0) is 19.9. The predicted molar refractivity (Wildman–Crippen MR) is 99.9 cm³/mol. The lowest BCUT2D eigenvalue weighted by molar-refractivity contribution is -0.152. The molecule has 1 aliphatic heterocycles. The fourth-order valence-electron chi connectivity index (χ4n) is 2.80. The van der Waals surface area contributed by atoms with Gasteiger partial charge in [0.1, 0.15) is 0 Å². The Hall–Kier alpha value is -3.68. The van der Waals surface area contributed by atoms with Crippen LogP contribution in [0.4, 0.5) is 5.69 Å². The summed E-state index contributed by atoms with van der Waals surface area (Å²) in [7, 11) is 0. The van der Waals surface area contributed by atoms with Crippen LogP contribution in [0.1, 0.15) is 16.8 Å². The minimum atomic E-state index is -0.679. The van der Waals surface area contributed by atoms with Gasteiger partial charge in [0.25, 0.3) is 11.8 Å². The highest BCUT2D eigenvalue weighted by atomic mass is 16.5. The van der Waals surface area contributed by atoms with Crippen molar-refractivity contribution in [3.63, 3.8) is 0 Å². The molecule has 8 heteroatoms. The smallest absolute Gasteiger partial charge is 0.311 e. The number of carbonyl (C=O) groups is 4. The molecule has 3 amide bonds. The molecule has 0 aliphatic carbocycles. The molecule has 1 aliphatic rings. The highest BCUT2D eigenvalue weighted by Gasteiger charge is 2.36. The van der Waals surface area contributed by atoms with E-state index in [1.54, 1.807) is 42.5 Å². The predicted octanol–water partition coefficient (Wildman–Crippen LogP) is 1.04. The number of nitrogens with one attached hydrogen (secondary N) is 2. The summed E-state index contributed by atoms with van der Waals surface area (Å²) < 4.78 is 4.98. The zero-order valence-corrected chi connectivity index (χ0v) is 15.0. The lowest BCUT2D eigenvalue weighted by atomic mass is 10.1. The molecular weight excluding hydrogens is 362 g/mol. The minimum absolute atomic E-state index is 0.0279. The first-order valence-corrected chi connectivity index (χ1v) is 8.71. The number of benzene rings is 2. The first-order valence-electron chi connectivity index (χ1n) is 8.71. The lowest BCUT2D eigenvalue weighted by Gasteiger charge is -2.16. The second kappa shape index (κ2) is 8.81. The number of hydrazine groups is 1. The number of ether oxygens (including phenoxy) is 1. The summed E-state index contributed by atoms with van der Waals surface area (Å²) in [6, 6.07) is 17.4. The number of amides is 3. The normalized spacial score (nSPS) is 15.8. The Kier molecular flexibility index (Phi) is 6.01. The summed E-state index contributed by atoms with van der Waals surface area (Å²) in [5.41, 5.74) is 5.50. The van der Waals surface area contributed by atoms with Crippen molar-refractivity contribution in [2.24, 2.45) is 5.92 Å². The average molecular weight is 381 g/mol. The molecule has 3 rings (SSSR count). The highest BCUT2D eigenvalue weighted by molar-refractivity contribution is 5.99. The van der Waals surface area contributed by atoms with E-state index >= 15 is 0 Å². The molecule has 2 N–H and O–H groups in total. The van der Waals surface area contributed by atoms with Crippen LogP contribution in [0, 0.1) is 5.92 Å². The van der Waals surface area contributed by atoms with E-state index in [1.165, 1.54) is 4.90 Å². The monoisotopic (exact) mass is 381 g/mol. The minimum Gasteiger partial charge on any atom is -0.455 e. The zero-order valence-electron chi connectivity index (χ0n) is 15.0. The molecular formula is C20H19N3O5. The Morgan fingerprint density at radius 2 is 1.61 bits per heavy atom. The van der Waals surface area contributed by atoms with Gasteiger partial charge in [-0.25, -0.2) is 0 Å². The largest absolute Gasteiger partial charge is 0.455 e. The molecule has 0 radical (unpaired) electrons. The molecule has 0 saturated carbocycles. The van der Waals surface area contributed by atoms with Gasteiger partial charge in [-0.2, -0.15) is 0 Å². The van der Waals surface area contributed by atoms with E-state index in [4.69, 9.17) is 4.74 Å². The van der Waals surface area contributed by atoms with E-state index in [1.807, 2.05) is 18.2 Å². The third kappa shape index (κ3) is 4.73. The van der Waals surface area contributed by atoms with Crippen LogP contribution in [-0.4, -0.2) is 36.8 Å². The van der Waals surface area contributed by atoms with Crippen molar-refractivity contribution in [3.8, 4) is 0 Å². The molecule has 144 valence electrons. The van der Waals surface area contributed by atoms with Crippen LogP contribution in [0.5, 0.6) is 0 Å². The van der Waals surface area contributed by atoms with Gasteiger partial charge in [-0.15, -0.1) is 0 Å². The fourth-order valence-corrected chi connectivity index (χ4v) is 2.80. The summed E-state index contributed by atoms with van der Waals surface area (Å²) in [5.74, 6) is -2.61. The lowest BCUT2D eigenvalue weighted by Crippen LogP contribution is -2.43. The Morgan fingerprint density at radius 3 is 2.29 bits per heavy atom. The Balaban J connectivity index is 1.43. The molecule has 0 unspecified atom stereocenters. The molecule has 2 aromatic carbocycles. The van der Waals surface area contributed by atoms with E-state index in [2.05, 4.69) is 10.9 Å². The summed E-state index contributed by atoms with van der Waals surface area (Å²) in [5, 5.41) is 0. The third-order valence-corrected chi connectivity index (χ3v) is 4.22. The Bertz CT molecular complexity index is 870. The van der Waals surface area contributed by atoms with Crippen LogP contribution in [0.25, 0.3) is 0 Å². The number of carbonyl (C=O) groups excluding carboxylic acids is 4. The molecule has 1 saturated heterocycles. The van der Waals surface area contributed by atoms with Gasteiger partial charge in [0.05, 0.1) is 5.92 Å². The van der Waals surface area contributed by atoms with Crippen LogP contribution >= 0.6 is 0 Å². The first kappa shape index (κ1) is 19.1. The van der Waals surface area contributed by atoms with Crippen molar-refractivity contribution in [2.75, 3.05) is 18.1 Å². The van der Waals surface area contributed by atoms with Crippen molar-refractivity contribution in [1.29, 1.82) is 0 Å². The Labute approximate surface area is 161 Å². The van der Waals surface area contributed by atoms with Crippen LogP contribution in [0.2, 0.25) is 0 Å². The van der Waals surface area contributed by atoms with Crippen LogP contribution < -0.4 is 15.8 Å². The van der Waals surface area contributed by atoms with Crippen LogP contribution in [0.15, 0.2) is 60.7 Å². The van der Waals surface area contributed by atoms with Gasteiger partial charge in [-0.3, -0.25) is 30.0 Å². The molecule has 0 aromatic heterocycles. The highest BCUT2D eigenvalue weighted by Crippen LogP contribution is 2.25. The maximum absolute atomic E-state index is 12.2. The van der Waals surface area contributed by atoms with Gasteiger partial charge in [0.2, 0.25) is 5.91 Å². The number of hydrogen-bond acceptors (Lipinski definition) is 5. The van der Waals surface area contributed by atoms with E-state index in [0.29, 0.717) is 11.3 Å². The van der Waals surface area contributed by atoms with Crippen molar-refractivity contribution in [3.05, 3.63) is 66.2 Å². The second-order valence-electron chi connectivity index (χ2n) is 6.22. The van der Waals surface area contributed by atoms with Crippen molar-refractivity contribution >= 4 is 29.4 Å². The van der Waals surface area contributed by atoms with Gasteiger partial charge in [0, 0.05) is 24.2 Å². The van der Waals surface area contributed by atoms with Crippen LogP contribution in [-0.2, 0) is 19.1 Å². The maximum atomic E-state index is 12.2. The molecule has 1 atom stereocenters. The van der Waals surface area contributed by atoms with Gasteiger partial charge >= 0.3 is 5.97 Å². The number of rotatable bonds is 5. The number of anilines is 1. The maximum Gasteiger partial charge on any atom is 0.311 e. The molecule has 28 heavy (non-hydrogen) atoms. The van der Waals surface area contributed by atoms with E-state index in [-0.39, 0.29) is 18.9 Å². The number of hydrogen-bond donors (Lipinski definition) is 2. The fraction of sp³-hybridized carbons (Fsp3) is 0.200. The van der Waals surface area contributed by atoms with Crippen LogP contribution in [0.3, 0.4) is 0 Å².